The molecule has 0 aliphatic rings. The summed E-state index contributed by atoms with van der Waals surface area (Å²) in [5.41, 5.74) is 14.8. The Morgan fingerprint density at radius 3 is 2.33 bits per heavy atom. The van der Waals surface area contributed by atoms with Crippen molar-refractivity contribution in [3.05, 3.63) is 53.6 Å². The predicted octanol–water partition coefficient (Wildman–Crippen LogP) is 2.41. The molecule has 18 heavy (non-hydrogen) atoms. The molecule has 92 valence electrons. The Kier molecular flexibility index (Phi) is 3.19. The Hall–Kier alpha value is -2.49. The average molecular weight is 241 g/mol. The standard InChI is InChI=1S/C14H15N3O/c1-9-8-10(2-7-13(9)16)14(18)17-12-5-3-11(15)4-6-12/h2-8H,15-16H2,1H3,(H,17,18). The van der Waals surface area contributed by atoms with E-state index in [9.17, 15) is 4.79 Å². The molecule has 0 aromatic heterocycles. The maximum Gasteiger partial charge on any atom is 0.255 e. The van der Waals surface area contributed by atoms with Gasteiger partial charge in [0.25, 0.3) is 5.91 Å². The maximum atomic E-state index is 12.0. The Morgan fingerprint density at radius 2 is 1.72 bits per heavy atom. The zero-order valence-electron chi connectivity index (χ0n) is 10.1. The zero-order valence-corrected chi connectivity index (χ0v) is 10.1. The van der Waals surface area contributed by atoms with Crippen molar-refractivity contribution < 1.29 is 4.79 Å². The van der Waals surface area contributed by atoms with E-state index < -0.39 is 0 Å². The smallest absolute Gasteiger partial charge is 0.255 e. The van der Waals surface area contributed by atoms with Gasteiger partial charge in [0.1, 0.15) is 0 Å². The number of carbonyl (C=O) groups is 1. The Morgan fingerprint density at radius 1 is 1.06 bits per heavy atom. The number of benzene rings is 2. The van der Waals surface area contributed by atoms with Gasteiger partial charge in [0.2, 0.25) is 0 Å². The quantitative estimate of drug-likeness (QED) is 0.706. The van der Waals surface area contributed by atoms with Gasteiger partial charge in [-0.1, -0.05) is 0 Å². The van der Waals surface area contributed by atoms with E-state index in [1.165, 1.54) is 0 Å². The van der Waals surface area contributed by atoms with E-state index in [4.69, 9.17) is 11.5 Å². The molecule has 0 atom stereocenters. The normalized spacial score (nSPS) is 10.1. The zero-order chi connectivity index (χ0) is 13.1. The minimum atomic E-state index is -0.164. The van der Waals surface area contributed by atoms with Crippen LogP contribution in [-0.4, -0.2) is 5.91 Å². The summed E-state index contributed by atoms with van der Waals surface area (Å²) >= 11 is 0. The second-order valence-corrected chi connectivity index (χ2v) is 4.15. The third-order valence-corrected chi connectivity index (χ3v) is 2.70. The van der Waals surface area contributed by atoms with Crippen molar-refractivity contribution >= 4 is 23.0 Å². The second-order valence-electron chi connectivity index (χ2n) is 4.15. The molecule has 0 bridgehead atoms. The number of nitrogens with two attached hydrogens (primary N) is 2. The number of aryl methyl sites for hydroxylation is 1. The summed E-state index contributed by atoms with van der Waals surface area (Å²) in [6.45, 7) is 1.87. The van der Waals surface area contributed by atoms with Crippen molar-refractivity contribution in [3.63, 3.8) is 0 Å². The fourth-order valence-electron chi connectivity index (χ4n) is 1.59. The monoisotopic (exact) mass is 241 g/mol. The molecule has 5 N–H and O–H groups in total. The molecular weight excluding hydrogens is 226 g/mol. The first-order valence-electron chi connectivity index (χ1n) is 5.59. The highest BCUT2D eigenvalue weighted by Crippen LogP contribution is 2.15. The van der Waals surface area contributed by atoms with E-state index in [1.54, 1.807) is 42.5 Å². The van der Waals surface area contributed by atoms with Crippen LogP contribution in [0.5, 0.6) is 0 Å². The van der Waals surface area contributed by atoms with Crippen LogP contribution < -0.4 is 16.8 Å². The summed E-state index contributed by atoms with van der Waals surface area (Å²) in [4.78, 5) is 12.0. The number of hydrogen-bond donors (Lipinski definition) is 3. The summed E-state index contributed by atoms with van der Waals surface area (Å²) in [6, 6.07) is 12.2. The lowest BCUT2D eigenvalue weighted by Gasteiger charge is -2.07. The van der Waals surface area contributed by atoms with E-state index in [0.29, 0.717) is 22.6 Å². The van der Waals surface area contributed by atoms with Gasteiger partial charge >= 0.3 is 0 Å². The first kappa shape index (κ1) is 12.0. The molecule has 2 aromatic carbocycles. The molecule has 0 spiro atoms. The molecule has 0 aliphatic carbocycles. The molecule has 0 saturated heterocycles. The van der Waals surface area contributed by atoms with Crippen molar-refractivity contribution in [3.8, 4) is 0 Å². The van der Waals surface area contributed by atoms with Gasteiger partial charge in [-0.2, -0.15) is 0 Å². The van der Waals surface area contributed by atoms with E-state index in [-0.39, 0.29) is 5.91 Å². The van der Waals surface area contributed by atoms with Crippen LogP contribution in [0.1, 0.15) is 15.9 Å². The predicted molar refractivity (Wildman–Crippen MR) is 74.4 cm³/mol. The molecular formula is C14H15N3O. The lowest BCUT2D eigenvalue weighted by molar-refractivity contribution is 0.102. The molecule has 2 aromatic rings. The molecule has 0 aliphatic heterocycles. The Balaban J connectivity index is 2.16. The van der Waals surface area contributed by atoms with E-state index in [2.05, 4.69) is 5.32 Å². The number of rotatable bonds is 2. The minimum Gasteiger partial charge on any atom is -0.399 e. The molecule has 1 amide bonds. The van der Waals surface area contributed by atoms with Gasteiger partial charge in [0, 0.05) is 22.6 Å². The number of carbonyl (C=O) groups excluding carboxylic acids is 1. The van der Waals surface area contributed by atoms with Crippen LogP contribution in [0.4, 0.5) is 17.1 Å². The highest BCUT2D eigenvalue weighted by molar-refractivity contribution is 6.04. The molecule has 0 radical (unpaired) electrons. The van der Waals surface area contributed by atoms with Crippen LogP contribution in [0.2, 0.25) is 0 Å². The molecule has 2 rings (SSSR count). The van der Waals surface area contributed by atoms with Crippen LogP contribution in [0.15, 0.2) is 42.5 Å². The summed E-state index contributed by atoms with van der Waals surface area (Å²) in [5.74, 6) is -0.164. The third kappa shape index (κ3) is 2.60. The minimum absolute atomic E-state index is 0.164. The molecule has 4 heteroatoms. The van der Waals surface area contributed by atoms with Crippen LogP contribution in [0, 0.1) is 6.92 Å². The van der Waals surface area contributed by atoms with Gasteiger partial charge in [-0.25, -0.2) is 0 Å². The summed E-state index contributed by atoms with van der Waals surface area (Å²) in [6.07, 6.45) is 0. The van der Waals surface area contributed by atoms with Crippen molar-refractivity contribution in [2.45, 2.75) is 6.92 Å². The number of nitrogen functional groups attached to an aromatic ring is 2. The SMILES string of the molecule is Cc1cc(C(=O)Nc2ccc(N)cc2)ccc1N. The summed E-state index contributed by atoms with van der Waals surface area (Å²) in [5, 5.41) is 2.80. The van der Waals surface area contributed by atoms with Crippen molar-refractivity contribution in [2.75, 3.05) is 16.8 Å². The van der Waals surface area contributed by atoms with Crippen LogP contribution in [0.3, 0.4) is 0 Å². The van der Waals surface area contributed by atoms with Crippen LogP contribution in [-0.2, 0) is 0 Å². The van der Waals surface area contributed by atoms with Crippen LogP contribution in [0.25, 0.3) is 0 Å². The molecule has 0 heterocycles. The highest BCUT2D eigenvalue weighted by atomic mass is 16.1. The van der Waals surface area contributed by atoms with E-state index in [0.717, 1.165) is 5.56 Å². The van der Waals surface area contributed by atoms with Gasteiger partial charge in [-0.15, -0.1) is 0 Å². The third-order valence-electron chi connectivity index (χ3n) is 2.70. The molecule has 4 nitrogen and oxygen atoms in total. The lowest BCUT2D eigenvalue weighted by Crippen LogP contribution is -2.12. The van der Waals surface area contributed by atoms with Crippen molar-refractivity contribution in [1.82, 2.24) is 0 Å². The lowest BCUT2D eigenvalue weighted by atomic mass is 10.1. The van der Waals surface area contributed by atoms with Crippen molar-refractivity contribution in [2.24, 2.45) is 0 Å². The van der Waals surface area contributed by atoms with Gasteiger partial charge in [0.15, 0.2) is 0 Å². The number of amides is 1. The molecule has 0 unspecified atom stereocenters. The topological polar surface area (TPSA) is 81.1 Å². The Labute approximate surface area is 106 Å². The van der Waals surface area contributed by atoms with E-state index in [1.807, 2.05) is 6.92 Å². The average Bonchev–Trinajstić information content (AvgIpc) is 2.35. The van der Waals surface area contributed by atoms with Gasteiger partial charge in [-0.3, -0.25) is 4.79 Å². The van der Waals surface area contributed by atoms with Crippen molar-refractivity contribution in [1.29, 1.82) is 0 Å². The van der Waals surface area contributed by atoms with Gasteiger partial charge < -0.3 is 16.8 Å². The molecule has 0 saturated carbocycles. The molecule has 0 fully saturated rings. The maximum absolute atomic E-state index is 12.0. The van der Waals surface area contributed by atoms with Gasteiger partial charge in [0.05, 0.1) is 0 Å². The second kappa shape index (κ2) is 4.79. The van der Waals surface area contributed by atoms with E-state index >= 15 is 0 Å². The van der Waals surface area contributed by atoms with Gasteiger partial charge in [-0.05, 0) is 55.0 Å². The summed E-state index contributed by atoms with van der Waals surface area (Å²) in [7, 11) is 0. The number of nitrogens with one attached hydrogen (secondary N) is 1. The first-order valence-corrected chi connectivity index (χ1v) is 5.59. The fourth-order valence-corrected chi connectivity index (χ4v) is 1.59. The number of anilines is 3. The van der Waals surface area contributed by atoms with Crippen LogP contribution >= 0.6 is 0 Å². The fraction of sp³-hybridized carbons (Fsp3) is 0.0714. The number of hydrogen-bond acceptors (Lipinski definition) is 3. The first-order chi connectivity index (χ1) is 8.56. The summed E-state index contributed by atoms with van der Waals surface area (Å²) < 4.78 is 0. The largest absolute Gasteiger partial charge is 0.399 e. The highest BCUT2D eigenvalue weighted by Gasteiger charge is 2.07. The Bertz CT molecular complexity index is 576.